The van der Waals surface area contributed by atoms with Gasteiger partial charge in [-0.2, -0.15) is 0 Å². The van der Waals surface area contributed by atoms with Crippen LogP contribution in [0.1, 0.15) is 276 Å². The maximum Gasteiger partial charge on any atom is 0.303 e. The zero-order chi connectivity index (χ0) is 35.6. The Morgan fingerprint density at radius 3 is 0.347 bits per heavy atom. The molecule has 292 valence electrons. The lowest BCUT2D eigenvalue weighted by Gasteiger charge is -2.05. The van der Waals surface area contributed by atoms with E-state index in [0.29, 0.717) is 12.8 Å². The van der Waals surface area contributed by atoms with Gasteiger partial charge in [-0.05, 0) is 12.8 Å². The topological polar surface area (TPSA) is 74.6 Å². The molecule has 0 aliphatic carbocycles. The Morgan fingerprint density at radius 2 is 0.265 bits per heavy atom. The van der Waals surface area contributed by atoms with Crippen LogP contribution in [0.15, 0.2) is 0 Å². The Balaban J connectivity index is 3.05. The number of hydrogen-bond acceptors (Lipinski definition) is 2. The predicted octanol–water partition coefficient (Wildman–Crippen LogP) is 15.9. The number of hydrogen-bond donors (Lipinski definition) is 2. The molecule has 0 aliphatic heterocycles. The van der Waals surface area contributed by atoms with Crippen molar-refractivity contribution < 1.29 is 19.8 Å². The molecule has 0 rings (SSSR count). The first-order chi connectivity index (χ1) is 24.1. The molecule has 0 aromatic heterocycles. The average Bonchev–Trinajstić information content (AvgIpc) is 3.08. The van der Waals surface area contributed by atoms with Gasteiger partial charge in [-0.3, -0.25) is 9.59 Å². The summed E-state index contributed by atoms with van der Waals surface area (Å²) in [6.45, 7) is 0. The summed E-state index contributed by atoms with van der Waals surface area (Å²) in [5, 5.41) is 17.3. The number of aliphatic carboxylic acids is 2. The molecule has 0 saturated carbocycles. The van der Waals surface area contributed by atoms with Gasteiger partial charge in [0, 0.05) is 12.8 Å². The minimum atomic E-state index is -0.651. The SMILES string of the molecule is O=C(O)CCCCCCCCCCCCCCCCCCCCCCCCCCCCCCCCCCCCCCCCCCCC(=O)O. The molecule has 4 nitrogen and oxygen atoms in total. The van der Waals surface area contributed by atoms with Gasteiger partial charge in [0.15, 0.2) is 0 Å². The third kappa shape index (κ3) is 46.9. The van der Waals surface area contributed by atoms with E-state index in [-0.39, 0.29) is 0 Å². The first-order valence-corrected chi connectivity index (χ1v) is 22.6. The van der Waals surface area contributed by atoms with Gasteiger partial charge in [0.2, 0.25) is 0 Å². The van der Waals surface area contributed by atoms with Crippen LogP contribution in [0.25, 0.3) is 0 Å². The smallest absolute Gasteiger partial charge is 0.303 e. The normalized spacial score (nSPS) is 11.4. The van der Waals surface area contributed by atoms with Gasteiger partial charge in [0.05, 0.1) is 0 Å². The van der Waals surface area contributed by atoms with E-state index < -0.39 is 11.9 Å². The highest BCUT2D eigenvalue weighted by atomic mass is 16.4. The Kier molecular flexibility index (Phi) is 42.2. The Morgan fingerprint density at radius 1 is 0.184 bits per heavy atom. The number of unbranched alkanes of at least 4 members (excludes halogenated alkanes) is 40. The Labute approximate surface area is 307 Å². The highest BCUT2D eigenvalue weighted by Crippen LogP contribution is 2.18. The lowest BCUT2D eigenvalue weighted by atomic mass is 10.0. The van der Waals surface area contributed by atoms with Crippen LogP contribution in [0.3, 0.4) is 0 Å². The molecule has 0 aliphatic rings. The van der Waals surface area contributed by atoms with E-state index in [1.165, 1.54) is 238 Å². The molecule has 0 heterocycles. The van der Waals surface area contributed by atoms with Crippen molar-refractivity contribution in [1.29, 1.82) is 0 Å². The summed E-state index contributed by atoms with van der Waals surface area (Å²) >= 11 is 0. The summed E-state index contributed by atoms with van der Waals surface area (Å²) in [7, 11) is 0. The summed E-state index contributed by atoms with van der Waals surface area (Å²) in [4.78, 5) is 21.0. The Hall–Kier alpha value is -1.06. The van der Waals surface area contributed by atoms with Crippen LogP contribution in [0.4, 0.5) is 0 Å². The van der Waals surface area contributed by atoms with Gasteiger partial charge in [0.1, 0.15) is 0 Å². The van der Waals surface area contributed by atoms with Crippen LogP contribution in [0.2, 0.25) is 0 Å². The molecule has 0 fully saturated rings. The van der Waals surface area contributed by atoms with Crippen molar-refractivity contribution in [3.63, 3.8) is 0 Å². The molecule has 0 spiro atoms. The largest absolute Gasteiger partial charge is 0.481 e. The molecule has 0 radical (unpaired) electrons. The van der Waals surface area contributed by atoms with Crippen LogP contribution in [-0.4, -0.2) is 22.2 Å². The van der Waals surface area contributed by atoms with Gasteiger partial charge in [0.25, 0.3) is 0 Å². The molecule has 0 aromatic rings. The van der Waals surface area contributed by atoms with Crippen molar-refractivity contribution in [2.24, 2.45) is 0 Å². The van der Waals surface area contributed by atoms with E-state index in [4.69, 9.17) is 10.2 Å². The number of carboxylic acid groups (broad SMARTS) is 2. The number of carboxylic acids is 2. The van der Waals surface area contributed by atoms with E-state index >= 15 is 0 Å². The summed E-state index contributed by atoms with van der Waals surface area (Å²) < 4.78 is 0. The van der Waals surface area contributed by atoms with E-state index in [2.05, 4.69) is 0 Å². The van der Waals surface area contributed by atoms with E-state index in [1.807, 2.05) is 0 Å². The molecule has 0 amide bonds. The van der Waals surface area contributed by atoms with Gasteiger partial charge >= 0.3 is 11.9 Å². The summed E-state index contributed by atoms with van der Waals surface area (Å²) in [6, 6.07) is 0. The van der Waals surface area contributed by atoms with E-state index in [9.17, 15) is 9.59 Å². The maximum absolute atomic E-state index is 10.5. The van der Waals surface area contributed by atoms with Gasteiger partial charge in [-0.15, -0.1) is 0 Å². The van der Waals surface area contributed by atoms with Crippen LogP contribution < -0.4 is 0 Å². The molecule has 0 unspecified atom stereocenters. The van der Waals surface area contributed by atoms with Crippen LogP contribution in [-0.2, 0) is 9.59 Å². The third-order valence-electron chi connectivity index (χ3n) is 10.8. The van der Waals surface area contributed by atoms with E-state index in [1.54, 1.807) is 0 Å². The van der Waals surface area contributed by atoms with E-state index in [0.717, 1.165) is 25.7 Å². The Bertz CT molecular complexity index is 594. The third-order valence-corrected chi connectivity index (χ3v) is 10.8. The van der Waals surface area contributed by atoms with Crippen molar-refractivity contribution in [2.45, 2.75) is 276 Å². The minimum Gasteiger partial charge on any atom is -0.481 e. The molecule has 0 saturated heterocycles. The molecule has 0 atom stereocenters. The lowest BCUT2D eigenvalue weighted by molar-refractivity contribution is -0.138. The van der Waals surface area contributed by atoms with Crippen LogP contribution in [0.5, 0.6) is 0 Å². The molecular weight excluding hydrogens is 604 g/mol. The average molecular weight is 693 g/mol. The van der Waals surface area contributed by atoms with Crippen molar-refractivity contribution in [3.05, 3.63) is 0 Å². The molecule has 49 heavy (non-hydrogen) atoms. The zero-order valence-corrected chi connectivity index (χ0v) is 33.1. The molecule has 4 heteroatoms. The monoisotopic (exact) mass is 693 g/mol. The number of carbonyl (C=O) groups is 2. The highest BCUT2D eigenvalue weighted by molar-refractivity contribution is 5.66. The number of rotatable bonds is 44. The van der Waals surface area contributed by atoms with Crippen molar-refractivity contribution in [2.75, 3.05) is 0 Å². The van der Waals surface area contributed by atoms with Crippen LogP contribution in [0, 0.1) is 0 Å². The second kappa shape index (κ2) is 43.1. The molecule has 0 aromatic carbocycles. The van der Waals surface area contributed by atoms with Gasteiger partial charge in [-0.1, -0.05) is 250 Å². The minimum absolute atomic E-state index is 0.342. The fourth-order valence-electron chi connectivity index (χ4n) is 7.45. The predicted molar refractivity (Wildman–Crippen MR) is 214 cm³/mol. The molecule has 0 bridgehead atoms. The maximum atomic E-state index is 10.5. The van der Waals surface area contributed by atoms with Crippen molar-refractivity contribution >= 4 is 11.9 Å². The first kappa shape index (κ1) is 47.9. The fraction of sp³-hybridized carbons (Fsp3) is 0.956. The first-order valence-electron chi connectivity index (χ1n) is 22.6. The summed E-state index contributed by atoms with van der Waals surface area (Å²) in [5.41, 5.74) is 0. The second-order valence-electron chi connectivity index (χ2n) is 15.8. The summed E-state index contributed by atoms with van der Waals surface area (Å²) in [6.07, 6.45) is 56.8. The second-order valence-corrected chi connectivity index (χ2v) is 15.8. The highest BCUT2D eigenvalue weighted by Gasteiger charge is 2.00. The van der Waals surface area contributed by atoms with Gasteiger partial charge < -0.3 is 10.2 Å². The quantitative estimate of drug-likeness (QED) is 0.0623. The lowest BCUT2D eigenvalue weighted by Crippen LogP contribution is -1.93. The zero-order valence-electron chi connectivity index (χ0n) is 33.1. The fourth-order valence-corrected chi connectivity index (χ4v) is 7.45. The molecule has 2 N–H and O–H groups in total. The van der Waals surface area contributed by atoms with Crippen LogP contribution >= 0.6 is 0 Å². The standard InChI is InChI=1S/C45H88O4/c46-44(47)42-40-38-36-34-32-30-28-26-24-22-20-18-16-14-12-10-8-6-4-2-1-3-5-7-9-11-13-15-17-19-21-23-25-27-29-31-33-35-37-39-41-43-45(48)49/h1-43H2,(H,46,47)(H,48,49). The van der Waals surface area contributed by atoms with Crippen molar-refractivity contribution in [3.8, 4) is 0 Å². The van der Waals surface area contributed by atoms with Gasteiger partial charge in [-0.25, -0.2) is 0 Å². The summed E-state index contributed by atoms with van der Waals surface area (Å²) in [5.74, 6) is -1.30. The molecular formula is C45H88O4. The van der Waals surface area contributed by atoms with Crippen molar-refractivity contribution in [1.82, 2.24) is 0 Å².